The number of nitrogens with zero attached hydrogens (tertiary/aromatic N) is 1. The molecule has 5 nitrogen and oxygen atoms in total. The van der Waals surface area contributed by atoms with Crippen molar-refractivity contribution in [2.45, 2.75) is 6.04 Å². The lowest BCUT2D eigenvalue weighted by Gasteiger charge is -2.09. The highest BCUT2D eigenvalue weighted by Gasteiger charge is 2.23. The average molecular weight is 294 g/mol. The van der Waals surface area contributed by atoms with Gasteiger partial charge in [-0.25, -0.2) is 13.4 Å². The summed E-state index contributed by atoms with van der Waals surface area (Å²) in [6.07, 6.45) is 1.49. The standard InChI is InChI=1S/C12H10N2O3S2/c15-12(14-9-3-4-19(16,17)6-9)8-1-2-11-10(5-8)13-7-18-11/h1-5,7,9H,6H2,(H,14,15)/t9-/m0/s1. The summed E-state index contributed by atoms with van der Waals surface area (Å²) in [7, 11) is -3.15. The molecular formula is C12H10N2O3S2. The van der Waals surface area contributed by atoms with E-state index in [-0.39, 0.29) is 11.7 Å². The number of amides is 1. The van der Waals surface area contributed by atoms with Crippen molar-refractivity contribution in [3.8, 4) is 0 Å². The molecule has 0 unspecified atom stereocenters. The largest absolute Gasteiger partial charge is 0.345 e. The van der Waals surface area contributed by atoms with Crippen LogP contribution in [0.15, 0.2) is 35.2 Å². The Hall–Kier alpha value is -1.73. The van der Waals surface area contributed by atoms with Crippen LogP contribution in [0.2, 0.25) is 0 Å². The number of nitrogens with one attached hydrogen (secondary N) is 1. The van der Waals surface area contributed by atoms with Crippen LogP contribution in [0, 0.1) is 0 Å². The van der Waals surface area contributed by atoms with Gasteiger partial charge in [0.1, 0.15) is 0 Å². The van der Waals surface area contributed by atoms with Gasteiger partial charge < -0.3 is 5.32 Å². The molecule has 0 saturated carbocycles. The zero-order valence-electron chi connectivity index (χ0n) is 9.74. The quantitative estimate of drug-likeness (QED) is 0.906. The molecule has 7 heteroatoms. The maximum atomic E-state index is 12.0. The molecule has 2 aromatic rings. The van der Waals surface area contributed by atoms with Gasteiger partial charge in [0.25, 0.3) is 5.91 Å². The maximum Gasteiger partial charge on any atom is 0.251 e. The number of rotatable bonds is 2. The van der Waals surface area contributed by atoms with Gasteiger partial charge in [0.05, 0.1) is 27.5 Å². The predicted octanol–water partition coefficient (Wildman–Crippen LogP) is 1.34. The molecule has 3 rings (SSSR count). The highest BCUT2D eigenvalue weighted by Crippen LogP contribution is 2.19. The van der Waals surface area contributed by atoms with Gasteiger partial charge in [0.15, 0.2) is 9.84 Å². The van der Waals surface area contributed by atoms with Gasteiger partial charge in [-0.2, -0.15) is 0 Å². The van der Waals surface area contributed by atoms with Gasteiger partial charge in [-0.05, 0) is 24.3 Å². The number of carbonyl (C=O) groups is 1. The molecule has 0 bridgehead atoms. The Morgan fingerprint density at radius 1 is 1.42 bits per heavy atom. The monoisotopic (exact) mass is 294 g/mol. The van der Waals surface area contributed by atoms with Gasteiger partial charge in [-0.1, -0.05) is 0 Å². The Labute approximate surface area is 113 Å². The molecule has 1 aromatic heterocycles. The van der Waals surface area contributed by atoms with Gasteiger partial charge in [0.2, 0.25) is 0 Å². The molecular weight excluding hydrogens is 284 g/mol. The first-order valence-electron chi connectivity index (χ1n) is 5.59. The van der Waals surface area contributed by atoms with Gasteiger partial charge in [-0.3, -0.25) is 4.79 Å². The lowest BCUT2D eigenvalue weighted by molar-refractivity contribution is 0.0948. The zero-order valence-corrected chi connectivity index (χ0v) is 11.4. The third-order valence-electron chi connectivity index (χ3n) is 2.84. The van der Waals surface area contributed by atoms with Crippen molar-refractivity contribution >= 4 is 37.3 Å². The van der Waals surface area contributed by atoms with E-state index in [0.717, 1.165) is 15.6 Å². The zero-order chi connectivity index (χ0) is 13.5. The number of aromatic nitrogens is 1. The van der Waals surface area contributed by atoms with Gasteiger partial charge in [0, 0.05) is 11.0 Å². The fourth-order valence-electron chi connectivity index (χ4n) is 1.92. The fourth-order valence-corrected chi connectivity index (χ4v) is 3.81. The van der Waals surface area contributed by atoms with E-state index >= 15 is 0 Å². The van der Waals surface area contributed by atoms with Crippen molar-refractivity contribution in [3.05, 3.63) is 40.8 Å². The number of benzene rings is 1. The molecule has 1 N–H and O–H groups in total. The summed E-state index contributed by atoms with van der Waals surface area (Å²) in [4.78, 5) is 16.2. The van der Waals surface area contributed by atoms with E-state index in [1.807, 2.05) is 6.07 Å². The Balaban J connectivity index is 1.79. The number of thiazole rings is 1. The smallest absolute Gasteiger partial charge is 0.251 e. The number of hydrogen-bond donors (Lipinski definition) is 1. The second kappa shape index (κ2) is 4.43. The second-order valence-corrected chi connectivity index (χ2v) is 7.09. The van der Waals surface area contributed by atoms with Crippen molar-refractivity contribution in [3.63, 3.8) is 0 Å². The highest BCUT2D eigenvalue weighted by molar-refractivity contribution is 7.94. The first kappa shape index (κ1) is 12.3. The highest BCUT2D eigenvalue weighted by atomic mass is 32.2. The molecule has 19 heavy (non-hydrogen) atoms. The topological polar surface area (TPSA) is 76.1 Å². The molecule has 0 spiro atoms. The Morgan fingerprint density at radius 3 is 3.00 bits per heavy atom. The van der Waals surface area contributed by atoms with Crippen molar-refractivity contribution in [2.24, 2.45) is 0 Å². The molecule has 1 atom stereocenters. The minimum absolute atomic E-state index is 0.0717. The van der Waals surface area contributed by atoms with E-state index < -0.39 is 15.9 Å². The van der Waals surface area contributed by atoms with Crippen molar-refractivity contribution in [2.75, 3.05) is 5.75 Å². The van der Waals surface area contributed by atoms with Crippen molar-refractivity contribution < 1.29 is 13.2 Å². The second-order valence-electron chi connectivity index (χ2n) is 4.27. The van der Waals surface area contributed by atoms with Gasteiger partial charge >= 0.3 is 0 Å². The lowest BCUT2D eigenvalue weighted by atomic mass is 10.2. The molecule has 1 aliphatic rings. The Kier molecular flexibility index (Phi) is 2.87. The van der Waals surface area contributed by atoms with Crippen LogP contribution in [0.25, 0.3) is 10.2 Å². The van der Waals surface area contributed by atoms with Crippen LogP contribution in [-0.4, -0.2) is 31.1 Å². The average Bonchev–Trinajstić information content (AvgIpc) is 2.94. The van der Waals surface area contributed by atoms with E-state index in [1.54, 1.807) is 17.6 Å². The summed E-state index contributed by atoms with van der Waals surface area (Å²) in [5.74, 6) is -0.362. The predicted molar refractivity (Wildman–Crippen MR) is 73.8 cm³/mol. The number of carbonyl (C=O) groups excluding carboxylic acids is 1. The summed E-state index contributed by atoms with van der Waals surface area (Å²) in [6, 6.07) is 4.80. The van der Waals surface area contributed by atoms with Crippen LogP contribution in [0.4, 0.5) is 0 Å². The van der Waals surface area contributed by atoms with Crippen LogP contribution in [0.5, 0.6) is 0 Å². The third-order valence-corrected chi connectivity index (χ3v) is 5.04. The van der Waals surface area contributed by atoms with E-state index in [4.69, 9.17) is 0 Å². The summed E-state index contributed by atoms with van der Waals surface area (Å²) in [5.41, 5.74) is 2.97. The summed E-state index contributed by atoms with van der Waals surface area (Å²) < 4.78 is 23.5. The summed E-state index contributed by atoms with van der Waals surface area (Å²) in [6.45, 7) is 0. The molecule has 0 aliphatic carbocycles. The fraction of sp³-hybridized carbons (Fsp3) is 0.167. The normalized spacial score (nSPS) is 20.7. The Morgan fingerprint density at radius 2 is 2.26 bits per heavy atom. The van der Waals surface area contributed by atoms with Gasteiger partial charge in [-0.15, -0.1) is 11.3 Å². The molecule has 2 heterocycles. The third kappa shape index (κ3) is 2.52. The molecule has 1 aromatic carbocycles. The number of fused-ring (bicyclic) bond motifs is 1. The molecule has 1 aliphatic heterocycles. The first-order chi connectivity index (χ1) is 9.03. The van der Waals surface area contributed by atoms with E-state index in [0.29, 0.717) is 5.56 Å². The van der Waals surface area contributed by atoms with Crippen molar-refractivity contribution in [1.29, 1.82) is 0 Å². The van der Waals surface area contributed by atoms with Crippen LogP contribution in [0.3, 0.4) is 0 Å². The summed E-state index contributed by atoms with van der Waals surface area (Å²) >= 11 is 1.51. The molecule has 0 saturated heterocycles. The number of hydrogen-bond acceptors (Lipinski definition) is 5. The van der Waals surface area contributed by atoms with E-state index in [2.05, 4.69) is 10.3 Å². The van der Waals surface area contributed by atoms with E-state index in [9.17, 15) is 13.2 Å². The van der Waals surface area contributed by atoms with Crippen LogP contribution < -0.4 is 5.32 Å². The molecule has 0 radical (unpaired) electrons. The van der Waals surface area contributed by atoms with Crippen LogP contribution in [-0.2, 0) is 9.84 Å². The molecule has 0 fully saturated rings. The molecule has 98 valence electrons. The van der Waals surface area contributed by atoms with Crippen LogP contribution in [0.1, 0.15) is 10.4 Å². The minimum Gasteiger partial charge on any atom is -0.345 e. The maximum absolute atomic E-state index is 12.0. The SMILES string of the molecule is O=C(N[C@H]1C=CS(=O)(=O)C1)c1ccc2scnc2c1. The minimum atomic E-state index is -3.15. The Bertz CT molecular complexity index is 777. The van der Waals surface area contributed by atoms with E-state index in [1.165, 1.54) is 17.4 Å². The number of sulfone groups is 1. The van der Waals surface area contributed by atoms with Crippen LogP contribution >= 0.6 is 11.3 Å². The lowest BCUT2D eigenvalue weighted by Crippen LogP contribution is -2.35. The molecule has 1 amide bonds. The van der Waals surface area contributed by atoms with Crippen molar-refractivity contribution in [1.82, 2.24) is 10.3 Å². The summed E-state index contributed by atoms with van der Waals surface area (Å²) in [5, 5.41) is 3.82. The first-order valence-corrected chi connectivity index (χ1v) is 8.18.